The predicted octanol–water partition coefficient (Wildman–Crippen LogP) is 3.24. The molecular weight excluding hydrogens is 390 g/mol. The van der Waals surface area contributed by atoms with Crippen molar-refractivity contribution in [3.63, 3.8) is 0 Å². The van der Waals surface area contributed by atoms with Crippen LogP contribution in [0.3, 0.4) is 0 Å². The van der Waals surface area contributed by atoms with Crippen LogP contribution < -0.4 is 5.48 Å². The number of ketones is 1. The van der Waals surface area contributed by atoms with Gasteiger partial charge in [-0.3, -0.25) is 19.7 Å². The number of nitrogens with one attached hydrogen (secondary N) is 1. The van der Waals surface area contributed by atoms with E-state index in [4.69, 9.17) is 5.21 Å². The predicted molar refractivity (Wildman–Crippen MR) is 123 cm³/mol. The number of rotatable bonds is 8. The van der Waals surface area contributed by atoms with Crippen molar-refractivity contribution in [1.82, 2.24) is 15.3 Å². The summed E-state index contributed by atoms with van der Waals surface area (Å²) in [5, 5.41) is 8.48. The van der Waals surface area contributed by atoms with E-state index < -0.39 is 5.91 Å². The van der Waals surface area contributed by atoms with Crippen molar-refractivity contribution in [2.75, 3.05) is 32.7 Å². The monoisotopic (exact) mass is 419 g/mol. The lowest BCUT2D eigenvalue weighted by Gasteiger charge is -2.34. The van der Waals surface area contributed by atoms with Gasteiger partial charge in [-0.05, 0) is 35.4 Å². The van der Waals surface area contributed by atoms with Crippen LogP contribution >= 0.6 is 0 Å². The normalized spacial score (nSPS) is 15.5. The highest BCUT2D eigenvalue weighted by molar-refractivity contribution is 6.06. The van der Waals surface area contributed by atoms with E-state index in [0.717, 1.165) is 50.4 Å². The quantitative estimate of drug-likeness (QED) is 0.297. The average Bonchev–Trinajstić information content (AvgIpc) is 2.82. The summed E-state index contributed by atoms with van der Waals surface area (Å²) in [5.41, 5.74) is 5.15. The van der Waals surface area contributed by atoms with E-state index in [0.29, 0.717) is 5.56 Å². The summed E-state index contributed by atoms with van der Waals surface area (Å²) in [6.45, 7) is 8.64. The molecule has 1 fully saturated rings. The molecule has 1 heterocycles. The van der Waals surface area contributed by atoms with Crippen molar-refractivity contribution in [3.05, 3.63) is 82.9 Å². The molecule has 1 aliphatic rings. The molecular formula is C25H29N3O3. The van der Waals surface area contributed by atoms with Crippen LogP contribution in [0.1, 0.15) is 34.0 Å². The first-order valence-electron chi connectivity index (χ1n) is 10.6. The Labute approximate surface area is 183 Å². The van der Waals surface area contributed by atoms with E-state index in [-0.39, 0.29) is 5.78 Å². The number of nitrogens with zero attached hydrogens (tertiary/aromatic N) is 2. The Morgan fingerprint density at radius 1 is 0.871 bits per heavy atom. The molecule has 6 heteroatoms. The second-order valence-corrected chi connectivity index (χ2v) is 7.58. The van der Waals surface area contributed by atoms with Gasteiger partial charge in [0.25, 0.3) is 5.91 Å². The van der Waals surface area contributed by atoms with Gasteiger partial charge in [-0.15, -0.1) is 0 Å². The summed E-state index contributed by atoms with van der Waals surface area (Å²) in [6, 6.07) is 15.3. The van der Waals surface area contributed by atoms with E-state index >= 15 is 0 Å². The Balaban J connectivity index is 1.52. The molecule has 0 atom stereocenters. The van der Waals surface area contributed by atoms with Crippen molar-refractivity contribution in [2.24, 2.45) is 0 Å². The number of likely N-dealkylation sites (N-methyl/N-ethyl adjacent to an activating group) is 1. The summed E-state index contributed by atoms with van der Waals surface area (Å²) in [5.74, 6) is -0.619. The molecule has 3 rings (SSSR count). The molecule has 31 heavy (non-hydrogen) atoms. The zero-order valence-corrected chi connectivity index (χ0v) is 17.8. The van der Waals surface area contributed by atoms with Crippen molar-refractivity contribution in [2.45, 2.75) is 13.5 Å². The third-order valence-electron chi connectivity index (χ3n) is 5.46. The maximum absolute atomic E-state index is 12.5. The Morgan fingerprint density at radius 2 is 1.42 bits per heavy atom. The first kappa shape index (κ1) is 22.6. The van der Waals surface area contributed by atoms with Gasteiger partial charge in [-0.2, -0.15) is 0 Å². The highest BCUT2D eigenvalue weighted by atomic mass is 16.5. The average molecular weight is 420 g/mol. The molecule has 2 aromatic carbocycles. The fourth-order valence-electron chi connectivity index (χ4n) is 3.49. The molecule has 0 unspecified atom stereocenters. The van der Waals surface area contributed by atoms with Crippen LogP contribution in [-0.2, 0) is 11.3 Å². The Kier molecular flexibility index (Phi) is 8.29. The smallest absolute Gasteiger partial charge is 0.267 e. The highest BCUT2D eigenvalue weighted by Crippen LogP contribution is 2.12. The first-order valence-corrected chi connectivity index (χ1v) is 10.6. The van der Waals surface area contributed by atoms with Crippen molar-refractivity contribution in [1.29, 1.82) is 0 Å². The van der Waals surface area contributed by atoms with Crippen LogP contribution in [0.2, 0.25) is 0 Å². The number of hydroxylamine groups is 1. The number of benzene rings is 2. The summed E-state index contributed by atoms with van der Waals surface area (Å²) in [6.07, 6.45) is 6.18. The van der Waals surface area contributed by atoms with Gasteiger partial charge in [0.05, 0.1) is 0 Å². The van der Waals surface area contributed by atoms with Crippen molar-refractivity contribution in [3.8, 4) is 0 Å². The fraction of sp³-hybridized carbons (Fsp3) is 0.280. The SMILES string of the molecule is CCN1CCN(Cc2ccc(C(=O)/C=C/c3ccc(/C=C/C(=O)NO)cc3)cc2)CC1. The maximum atomic E-state index is 12.5. The van der Waals surface area contributed by atoms with Gasteiger partial charge in [-0.1, -0.05) is 61.5 Å². The van der Waals surface area contributed by atoms with Crippen LogP contribution in [0, 0.1) is 0 Å². The molecule has 0 aliphatic carbocycles. The van der Waals surface area contributed by atoms with Gasteiger partial charge in [0.1, 0.15) is 0 Å². The molecule has 2 aromatic rings. The molecule has 6 nitrogen and oxygen atoms in total. The maximum Gasteiger partial charge on any atom is 0.267 e. The summed E-state index contributed by atoms with van der Waals surface area (Å²) in [4.78, 5) is 28.4. The van der Waals surface area contributed by atoms with Crippen LogP contribution in [0.4, 0.5) is 0 Å². The Hall–Kier alpha value is -3.06. The van der Waals surface area contributed by atoms with Gasteiger partial charge in [0, 0.05) is 44.4 Å². The lowest BCUT2D eigenvalue weighted by molar-refractivity contribution is -0.124. The topological polar surface area (TPSA) is 72.9 Å². The highest BCUT2D eigenvalue weighted by Gasteiger charge is 2.15. The fourth-order valence-corrected chi connectivity index (χ4v) is 3.49. The molecule has 1 aliphatic heterocycles. The second kappa shape index (κ2) is 11.4. The molecule has 0 aromatic heterocycles. The molecule has 1 amide bonds. The standard InChI is InChI=1S/C25H29N3O3/c1-2-27-15-17-28(18-16-27)19-22-7-11-23(12-8-22)24(29)13-9-20-3-5-21(6-4-20)10-14-25(30)26-31/h3-14,31H,2,15-19H2,1H3,(H,26,30)/b13-9+,14-10+. The van der Waals surface area contributed by atoms with Crippen molar-refractivity contribution >= 4 is 23.8 Å². The zero-order chi connectivity index (χ0) is 22.1. The van der Waals surface area contributed by atoms with Gasteiger partial charge in [0.2, 0.25) is 0 Å². The minimum Gasteiger partial charge on any atom is -0.301 e. The lowest BCUT2D eigenvalue weighted by Crippen LogP contribution is -2.45. The minimum atomic E-state index is -0.584. The molecule has 162 valence electrons. The summed E-state index contributed by atoms with van der Waals surface area (Å²) in [7, 11) is 0. The van der Waals surface area contributed by atoms with E-state index in [1.807, 2.05) is 48.5 Å². The third kappa shape index (κ3) is 7.00. The molecule has 0 radical (unpaired) electrons. The molecule has 0 spiro atoms. The largest absolute Gasteiger partial charge is 0.301 e. The number of carbonyl (C=O) groups is 2. The van der Waals surface area contributed by atoms with E-state index in [2.05, 4.69) is 16.7 Å². The number of hydrogen-bond donors (Lipinski definition) is 2. The Morgan fingerprint density at radius 3 is 1.97 bits per heavy atom. The number of carbonyl (C=O) groups excluding carboxylic acids is 2. The van der Waals surface area contributed by atoms with Crippen LogP contribution in [0.5, 0.6) is 0 Å². The number of allylic oxidation sites excluding steroid dienone is 1. The number of hydrogen-bond acceptors (Lipinski definition) is 5. The lowest BCUT2D eigenvalue weighted by atomic mass is 10.1. The second-order valence-electron chi connectivity index (χ2n) is 7.58. The molecule has 2 N–H and O–H groups in total. The first-order chi connectivity index (χ1) is 15.1. The van der Waals surface area contributed by atoms with Gasteiger partial charge in [0.15, 0.2) is 5.78 Å². The summed E-state index contributed by atoms with van der Waals surface area (Å²) < 4.78 is 0. The number of piperazine rings is 1. The van der Waals surface area contributed by atoms with Gasteiger partial charge < -0.3 is 4.90 Å². The van der Waals surface area contributed by atoms with Gasteiger partial charge >= 0.3 is 0 Å². The van der Waals surface area contributed by atoms with E-state index in [1.54, 1.807) is 23.7 Å². The molecule has 0 saturated carbocycles. The van der Waals surface area contributed by atoms with E-state index in [9.17, 15) is 9.59 Å². The zero-order valence-electron chi connectivity index (χ0n) is 17.8. The third-order valence-corrected chi connectivity index (χ3v) is 5.46. The Bertz CT molecular complexity index is 925. The molecule has 1 saturated heterocycles. The van der Waals surface area contributed by atoms with Gasteiger partial charge in [-0.25, -0.2) is 5.48 Å². The van der Waals surface area contributed by atoms with Crippen molar-refractivity contribution < 1.29 is 14.8 Å². The molecule has 0 bridgehead atoms. The van der Waals surface area contributed by atoms with E-state index in [1.165, 1.54) is 11.6 Å². The summed E-state index contributed by atoms with van der Waals surface area (Å²) >= 11 is 0. The minimum absolute atomic E-state index is 0.0355. The van der Waals surface area contributed by atoms with Crippen LogP contribution in [-0.4, -0.2) is 59.4 Å². The van der Waals surface area contributed by atoms with Crippen LogP contribution in [0.25, 0.3) is 12.2 Å². The number of amides is 1. The van der Waals surface area contributed by atoms with Crippen LogP contribution in [0.15, 0.2) is 60.7 Å².